The minimum Gasteiger partial charge on any atom is -0.466 e. The monoisotopic (exact) mass is 318 g/mol. The Morgan fingerprint density at radius 3 is 2.70 bits per heavy atom. The molecule has 0 spiro atoms. The van der Waals surface area contributed by atoms with Gasteiger partial charge in [0.05, 0.1) is 32.0 Å². The van der Waals surface area contributed by atoms with E-state index in [4.69, 9.17) is 0 Å². The van der Waals surface area contributed by atoms with Crippen LogP contribution in [0, 0.1) is 0 Å². The SMILES string of the molecule is COC(=O)/C=C/Cn1nnn(-c2cccc(C(=O)OC)c2)c1=O. The summed E-state index contributed by atoms with van der Waals surface area (Å²) in [5.74, 6) is -1.05. The van der Waals surface area contributed by atoms with Gasteiger partial charge in [0.15, 0.2) is 0 Å². The summed E-state index contributed by atoms with van der Waals surface area (Å²) < 4.78 is 11.2. The third-order valence-corrected chi connectivity index (χ3v) is 2.88. The maximum atomic E-state index is 12.2. The van der Waals surface area contributed by atoms with Crippen LogP contribution in [-0.4, -0.2) is 45.9 Å². The van der Waals surface area contributed by atoms with E-state index in [1.807, 2.05) is 0 Å². The van der Waals surface area contributed by atoms with Crippen LogP contribution in [0.1, 0.15) is 10.4 Å². The molecule has 1 aromatic carbocycles. The minimum absolute atomic E-state index is 0.0601. The molecule has 0 aliphatic carbocycles. The molecule has 0 saturated heterocycles. The molecule has 0 fully saturated rings. The van der Waals surface area contributed by atoms with Crippen LogP contribution in [-0.2, 0) is 20.8 Å². The van der Waals surface area contributed by atoms with Gasteiger partial charge in [0, 0.05) is 6.08 Å². The van der Waals surface area contributed by atoms with Gasteiger partial charge in [0.1, 0.15) is 0 Å². The number of carbonyl (C=O) groups excluding carboxylic acids is 2. The number of esters is 2. The van der Waals surface area contributed by atoms with Crippen molar-refractivity contribution in [2.75, 3.05) is 14.2 Å². The molecule has 0 radical (unpaired) electrons. The van der Waals surface area contributed by atoms with Crippen molar-refractivity contribution in [1.82, 2.24) is 19.8 Å². The highest BCUT2D eigenvalue weighted by Crippen LogP contribution is 2.08. The van der Waals surface area contributed by atoms with E-state index in [1.165, 1.54) is 32.4 Å². The van der Waals surface area contributed by atoms with E-state index in [9.17, 15) is 14.4 Å². The summed E-state index contributed by atoms with van der Waals surface area (Å²) in [6, 6.07) is 6.24. The number of aromatic nitrogens is 4. The lowest BCUT2D eigenvalue weighted by Crippen LogP contribution is -2.24. The van der Waals surface area contributed by atoms with Gasteiger partial charge in [0.2, 0.25) is 0 Å². The van der Waals surface area contributed by atoms with Crippen LogP contribution in [0.25, 0.3) is 5.69 Å². The second kappa shape index (κ2) is 7.16. The Morgan fingerprint density at radius 2 is 2.00 bits per heavy atom. The molecule has 0 bridgehead atoms. The summed E-state index contributed by atoms with van der Waals surface area (Å²) in [6.07, 6.45) is 2.61. The first-order chi connectivity index (χ1) is 11.1. The summed E-state index contributed by atoms with van der Waals surface area (Å²) in [5, 5.41) is 7.45. The van der Waals surface area contributed by atoms with E-state index in [1.54, 1.807) is 18.2 Å². The Kier molecular flexibility index (Phi) is 5.03. The first kappa shape index (κ1) is 16.1. The Morgan fingerprint density at radius 1 is 1.22 bits per heavy atom. The molecule has 9 nitrogen and oxygen atoms in total. The van der Waals surface area contributed by atoms with E-state index in [0.29, 0.717) is 5.69 Å². The number of tetrazole rings is 1. The van der Waals surface area contributed by atoms with E-state index >= 15 is 0 Å². The van der Waals surface area contributed by atoms with Crippen molar-refractivity contribution < 1.29 is 19.1 Å². The van der Waals surface area contributed by atoms with Crippen molar-refractivity contribution in [3.05, 3.63) is 52.5 Å². The number of hydrogen-bond donors (Lipinski definition) is 0. The van der Waals surface area contributed by atoms with Crippen molar-refractivity contribution >= 4 is 11.9 Å². The molecule has 0 aliphatic heterocycles. The van der Waals surface area contributed by atoms with E-state index < -0.39 is 17.6 Å². The van der Waals surface area contributed by atoms with Crippen molar-refractivity contribution in [2.24, 2.45) is 0 Å². The predicted octanol–water partition coefficient (Wildman–Crippen LogP) is -0.0552. The zero-order chi connectivity index (χ0) is 16.8. The molecule has 0 saturated carbocycles. The molecule has 120 valence electrons. The van der Waals surface area contributed by atoms with Crippen LogP contribution in [0.4, 0.5) is 0 Å². The number of benzene rings is 1. The van der Waals surface area contributed by atoms with Gasteiger partial charge in [-0.1, -0.05) is 12.1 Å². The number of carbonyl (C=O) groups is 2. The summed E-state index contributed by atoms with van der Waals surface area (Å²) in [6.45, 7) is 0.0601. The van der Waals surface area contributed by atoms with Gasteiger partial charge in [-0.2, -0.15) is 9.36 Å². The molecule has 1 aromatic heterocycles. The number of hydrogen-bond acceptors (Lipinski definition) is 7. The second-order valence-corrected chi connectivity index (χ2v) is 4.32. The smallest absolute Gasteiger partial charge is 0.368 e. The van der Waals surface area contributed by atoms with E-state index in [2.05, 4.69) is 19.9 Å². The van der Waals surface area contributed by atoms with Gasteiger partial charge in [0.25, 0.3) is 0 Å². The number of nitrogens with zero attached hydrogens (tertiary/aromatic N) is 4. The molecule has 0 atom stereocenters. The average molecular weight is 318 g/mol. The summed E-state index contributed by atoms with van der Waals surface area (Å²) >= 11 is 0. The number of rotatable bonds is 5. The van der Waals surface area contributed by atoms with Crippen molar-refractivity contribution in [2.45, 2.75) is 6.54 Å². The van der Waals surface area contributed by atoms with E-state index in [0.717, 1.165) is 9.36 Å². The van der Waals surface area contributed by atoms with Crippen LogP contribution in [0.5, 0.6) is 0 Å². The Bertz CT molecular complexity index is 805. The third-order valence-electron chi connectivity index (χ3n) is 2.88. The number of ether oxygens (including phenoxy) is 2. The Hall–Kier alpha value is -3.23. The highest BCUT2D eigenvalue weighted by atomic mass is 16.5. The quantitative estimate of drug-likeness (QED) is 0.562. The number of allylic oxidation sites excluding steroid dienone is 1. The third kappa shape index (κ3) is 3.70. The van der Waals surface area contributed by atoms with Crippen LogP contribution in [0.2, 0.25) is 0 Å². The molecule has 0 amide bonds. The molecule has 0 N–H and O–H groups in total. The van der Waals surface area contributed by atoms with Gasteiger partial charge in [-0.3, -0.25) is 0 Å². The van der Waals surface area contributed by atoms with Gasteiger partial charge in [-0.05, 0) is 28.6 Å². The van der Waals surface area contributed by atoms with Crippen LogP contribution < -0.4 is 5.69 Å². The largest absolute Gasteiger partial charge is 0.466 e. The normalized spacial score (nSPS) is 10.7. The fraction of sp³-hybridized carbons (Fsp3) is 0.214. The van der Waals surface area contributed by atoms with Crippen LogP contribution >= 0.6 is 0 Å². The standard InChI is InChI=1S/C14H14N4O5/c1-22-12(19)7-4-8-17-14(21)18(16-15-17)11-6-3-5-10(9-11)13(20)23-2/h3-7,9H,8H2,1-2H3/b7-4+. The lowest BCUT2D eigenvalue weighted by Gasteiger charge is -2.02. The summed E-state index contributed by atoms with van der Waals surface area (Å²) in [4.78, 5) is 34.7. The van der Waals surface area contributed by atoms with Gasteiger partial charge in [-0.15, -0.1) is 0 Å². The van der Waals surface area contributed by atoms with Crippen LogP contribution in [0.15, 0.2) is 41.2 Å². The Labute approximate surface area is 130 Å². The summed E-state index contributed by atoms with van der Waals surface area (Å²) in [7, 11) is 2.52. The molecule has 2 aromatic rings. The minimum atomic E-state index is -0.531. The maximum Gasteiger partial charge on any atom is 0.368 e. The molecular formula is C14H14N4O5. The first-order valence-electron chi connectivity index (χ1n) is 6.53. The van der Waals surface area contributed by atoms with Gasteiger partial charge < -0.3 is 9.47 Å². The average Bonchev–Trinajstić information content (AvgIpc) is 2.95. The highest BCUT2D eigenvalue weighted by Gasteiger charge is 2.11. The fourth-order valence-corrected chi connectivity index (χ4v) is 1.75. The molecule has 9 heteroatoms. The molecule has 23 heavy (non-hydrogen) atoms. The van der Waals surface area contributed by atoms with Crippen molar-refractivity contribution in [3.63, 3.8) is 0 Å². The lowest BCUT2D eigenvalue weighted by atomic mass is 10.2. The van der Waals surface area contributed by atoms with Gasteiger partial charge in [-0.25, -0.2) is 14.4 Å². The molecule has 1 heterocycles. The fourth-order valence-electron chi connectivity index (χ4n) is 1.75. The lowest BCUT2D eigenvalue weighted by molar-refractivity contribution is -0.134. The number of methoxy groups -OCH3 is 2. The predicted molar refractivity (Wildman–Crippen MR) is 78.1 cm³/mol. The van der Waals surface area contributed by atoms with E-state index in [-0.39, 0.29) is 12.1 Å². The topological polar surface area (TPSA) is 105 Å². The Balaban J connectivity index is 2.26. The molecule has 0 aliphatic rings. The molecule has 2 rings (SSSR count). The van der Waals surface area contributed by atoms with Gasteiger partial charge >= 0.3 is 17.6 Å². The molecule has 0 unspecified atom stereocenters. The summed E-state index contributed by atoms with van der Waals surface area (Å²) in [5.41, 5.74) is 0.152. The maximum absolute atomic E-state index is 12.2. The molecular weight excluding hydrogens is 304 g/mol. The zero-order valence-electron chi connectivity index (χ0n) is 12.5. The first-order valence-corrected chi connectivity index (χ1v) is 6.53. The van der Waals surface area contributed by atoms with Crippen molar-refractivity contribution in [3.8, 4) is 5.69 Å². The second-order valence-electron chi connectivity index (χ2n) is 4.32. The van der Waals surface area contributed by atoms with Crippen LogP contribution in [0.3, 0.4) is 0 Å². The highest BCUT2D eigenvalue weighted by molar-refractivity contribution is 5.89. The zero-order valence-corrected chi connectivity index (χ0v) is 12.5. The van der Waals surface area contributed by atoms with Crippen molar-refractivity contribution in [1.29, 1.82) is 0 Å².